The number of hydrogen-bond acceptors (Lipinski definition) is 8. The van der Waals surface area contributed by atoms with Crippen molar-refractivity contribution in [2.75, 3.05) is 64.1 Å². The number of aliphatic hydroxyl groups is 2. The zero-order valence-corrected chi connectivity index (χ0v) is 22.8. The molecule has 8 nitrogen and oxygen atoms in total. The van der Waals surface area contributed by atoms with Crippen molar-refractivity contribution < 1.29 is 24.5 Å². The summed E-state index contributed by atoms with van der Waals surface area (Å²) < 4.78 is 11.0. The van der Waals surface area contributed by atoms with Crippen LogP contribution in [0.3, 0.4) is 0 Å². The Kier molecular flexibility index (Phi) is 9.39. The molecule has 3 aromatic carbocycles. The Morgan fingerprint density at radius 1 is 0.974 bits per heavy atom. The van der Waals surface area contributed by atoms with E-state index in [9.17, 15) is 15.0 Å². The van der Waals surface area contributed by atoms with Crippen molar-refractivity contribution in [3.63, 3.8) is 0 Å². The van der Waals surface area contributed by atoms with Crippen molar-refractivity contribution in [2.24, 2.45) is 0 Å². The lowest BCUT2D eigenvalue weighted by Crippen LogP contribution is -2.42. The Morgan fingerprint density at radius 3 is 2.26 bits per heavy atom. The number of hydrogen-bond donors (Lipinski definition) is 2. The molecule has 0 bridgehead atoms. The van der Waals surface area contributed by atoms with Gasteiger partial charge in [0.05, 0.1) is 43.8 Å². The Hall–Kier alpha value is -3.08. The summed E-state index contributed by atoms with van der Waals surface area (Å²) in [6.07, 6.45) is -0.630. The molecule has 5 rings (SSSR count). The fraction of sp³-hybridized carbons (Fsp3) is 0.367. The molecule has 1 saturated heterocycles. The second kappa shape index (κ2) is 13.3. The van der Waals surface area contributed by atoms with Crippen molar-refractivity contribution in [3.05, 3.63) is 78.4 Å². The number of carbonyl (C=O) groups is 1. The van der Waals surface area contributed by atoms with Gasteiger partial charge in [-0.2, -0.15) is 0 Å². The summed E-state index contributed by atoms with van der Waals surface area (Å²) in [4.78, 5) is 20.7. The minimum absolute atomic E-state index is 0.00341. The zero-order valence-electron chi connectivity index (χ0n) is 21.9. The van der Waals surface area contributed by atoms with Gasteiger partial charge in [-0.1, -0.05) is 48.2 Å². The number of para-hydroxylation sites is 2. The van der Waals surface area contributed by atoms with Crippen molar-refractivity contribution >= 4 is 29.0 Å². The van der Waals surface area contributed by atoms with Crippen molar-refractivity contribution in [1.29, 1.82) is 0 Å². The second-order valence-corrected chi connectivity index (χ2v) is 10.8. The Bertz CT molecular complexity index is 1190. The minimum atomic E-state index is -0.630. The highest BCUT2D eigenvalue weighted by molar-refractivity contribution is 7.99. The number of amides is 1. The first-order chi connectivity index (χ1) is 19.1. The first-order valence-electron chi connectivity index (χ1n) is 13.3. The lowest BCUT2D eigenvalue weighted by atomic mass is 10.1. The van der Waals surface area contributed by atoms with Gasteiger partial charge in [0.25, 0.3) is 5.91 Å². The molecule has 2 aliphatic heterocycles. The number of aliphatic hydroxyl groups excluding tert-OH is 2. The standard InChI is InChI=1S/C30H35N3O5S/c34-16-13-31(19-23-9-11-25(12-10-23)38-22-30(36)32-14-17-37-18-15-32)20-24(35)21-33-26-5-1-3-7-28(26)39-29-8-4-2-6-27(29)33/h1-12,24,34-35H,13-22H2/t24-/m1/s1. The largest absolute Gasteiger partial charge is 0.484 e. The van der Waals surface area contributed by atoms with Crippen LogP contribution in [0.25, 0.3) is 0 Å². The predicted molar refractivity (Wildman–Crippen MR) is 152 cm³/mol. The van der Waals surface area contributed by atoms with Crippen LogP contribution in [0.5, 0.6) is 5.75 Å². The third-order valence-electron chi connectivity index (χ3n) is 6.87. The molecule has 3 aromatic rings. The number of rotatable bonds is 11. The molecule has 2 N–H and O–H groups in total. The number of morpholine rings is 1. The van der Waals surface area contributed by atoms with Gasteiger partial charge < -0.3 is 29.5 Å². The Morgan fingerprint density at radius 2 is 1.62 bits per heavy atom. The van der Waals surface area contributed by atoms with Gasteiger partial charge in [-0.3, -0.25) is 9.69 Å². The molecule has 0 radical (unpaired) electrons. The van der Waals surface area contributed by atoms with Gasteiger partial charge in [0.1, 0.15) is 5.75 Å². The van der Waals surface area contributed by atoms with Crippen LogP contribution in [0.2, 0.25) is 0 Å². The van der Waals surface area contributed by atoms with Crippen molar-refractivity contribution in [1.82, 2.24) is 9.80 Å². The van der Waals surface area contributed by atoms with Gasteiger partial charge in [-0.15, -0.1) is 0 Å². The van der Waals surface area contributed by atoms with Gasteiger partial charge in [0, 0.05) is 42.5 Å². The quantitative estimate of drug-likeness (QED) is 0.377. The van der Waals surface area contributed by atoms with E-state index >= 15 is 0 Å². The van der Waals surface area contributed by atoms with E-state index in [-0.39, 0.29) is 19.1 Å². The van der Waals surface area contributed by atoms with Crippen LogP contribution in [0, 0.1) is 0 Å². The molecule has 0 aromatic heterocycles. The van der Waals surface area contributed by atoms with Crippen LogP contribution >= 0.6 is 11.8 Å². The molecule has 0 aliphatic carbocycles. The highest BCUT2D eigenvalue weighted by Crippen LogP contribution is 2.47. The lowest BCUT2D eigenvalue weighted by molar-refractivity contribution is -0.137. The third-order valence-corrected chi connectivity index (χ3v) is 8.00. The molecule has 9 heteroatoms. The second-order valence-electron chi connectivity index (χ2n) is 9.69. The fourth-order valence-corrected chi connectivity index (χ4v) is 6.01. The average molecular weight is 550 g/mol. The summed E-state index contributed by atoms with van der Waals surface area (Å²) in [5.74, 6) is 0.595. The topological polar surface area (TPSA) is 85.7 Å². The van der Waals surface area contributed by atoms with E-state index in [1.54, 1.807) is 16.7 Å². The number of β-amino-alcohol motifs (C(OH)–C–C–N with tert-alkyl or cyclic N) is 1. The van der Waals surface area contributed by atoms with Gasteiger partial charge in [-0.05, 0) is 42.0 Å². The fourth-order valence-electron chi connectivity index (χ4n) is 4.92. The van der Waals surface area contributed by atoms with E-state index in [2.05, 4.69) is 34.1 Å². The summed E-state index contributed by atoms with van der Waals surface area (Å²) in [7, 11) is 0. The van der Waals surface area contributed by atoms with Crippen LogP contribution < -0.4 is 9.64 Å². The maximum Gasteiger partial charge on any atom is 0.260 e. The molecule has 206 valence electrons. The molecule has 0 unspecified atom stereocenters. The van der Waals surface area contributed by atoms with Crippen LogP contribution in [0.1, 0.15) is 5.56 Å². The van der Waals surface area contributed by atoms with E-state index in [1.807, 2.05) is 48.5 Å². The number of benzene rings is 3. The number of ether oxygens (including phenoxy) is 2. The first kappa shape index (κ1) is 27.5. The normalized spacial score (nSPS) is 15.6. The first-order valence-corrected chi connectivity index (χ1v) is 14.1. The van der Waals surface area contributed by atoms with Gasteiger partial charge in [0.15, 0.2) is 6.61 Å². The molecule has 39 heavy (non-hydrogen) atoms. The number of anilines is 2. The van der Waals surface area contributed by atoms with E-state index < -0.39 is 6.10 Å². The predicted octanol–water partition coefficient (Wildman–Crippen LogP) is 3.38. The minimum Gasteiger partial charge on any atom is -0.484 e. The van der Waals surface area contributed by atoms with Gasteiger partial charge in [0.2, 0.25) is 0 Å². The van der Waals surface area contributed by atoms with E-state index in [4.69, 9.17) is 9.47 Å². The highest BCUT2D eigenvalue weighted by atomic mass is 32.2. The molecular weight excluding hydrogens is 514 g/mol. The molecular formula is C30H35N3O5S. The number of nitrogens with zero attached hydrogens (tertiary/aromatic N) is 3. The molecule has 0 saturated carbocycles. The van der Waals surface area contributed by atoms with Gasteiger partial charge in [-0.25, -0.2) is 0 Å². The maximum atomic E-state index is 12.3. The van der Waals surface area contributed by atoms with E-state index in [1.165, 1.54) is 9.79 Å². The maximum absolute atomic E-state index is 12.3. The smallest absolute Gasteiger partial charge is 0.260 e. The Balaban J connectivity index is 1.18. The molecule has 1 fully saturated rings. The monoisotopic (exact) mass is 549 g/mol. The van der Waals surface area contributed by atoms with Crippen LogP contribution in [0.4, 0.5) is 11.4 Å². The van der Waals surface area contributed by atoms with E-state index in [0.29, 0.717) is 58.2 Å². The number of fused-ring (bicyclic) bond motifs is 2. The zero-order chi connectivity index (χ0) is 27.0. The van der Waals surface area contributed by atoms with Crippen LogP contribution in [-0.2, 0) is 16.1 Å². The summed E-state index contributed by atoms with van der Waals surface area (Å²) >= 11 is 1.75. The molecule has 1 atom stereocenters. The van der Waals surface area contributed by atoms with Crippen molar-refractivity contribution in [2.45, 2.75) is 22.4 Å². The number of carbonyl (C=O) groups excluding carboxylic acids is 1. The molecule has 1 amide bonds. The summed E-state index contributed by atoms with van der Waals surface area (Å²) in [6, 6.07) is 24.2. The lowest BCUT2D eigenvalue weighted by Gasteiger charge is -2.35. The average Bonchev–Trinajstić information content (AvgIpc) is 2.97. The molecule has 2 aliphatic rings. The summed E-state index contributed by atoms with van der Waals surface area (Å²) in [5, 5.41) is 20.8. The Labute approximate surface area is 233 Å². The highest BCUT2D eigenvalue weighted by Gasteiger charge is 2.25. The summed E-state index contributed by atoms with van der Waals surface area (Å²) in [5.41, 5.74) is 3.22. The molecule has 2 heterocycles. The van der Waals surface area contributed by atoms with Gasteiger partial charge >= 0.3 is 0 Å². The third kappa shape index (κ3) is 7.12. The molecule has 0 spiro atoms. The van der Waals surface area contributed by atoms with Crippen LogP contribution in [0.15, 0.2) is 82.6 Å². The van der Waals surface area contributed by atoms with E-state index in [0.717, 1.165) is 16.9 Å². The van der Waals surface area contributed by atoms with Crippen molar-refractivity contribution in [3.8, 4) is 5.75 Å². The SMILES string of the molecule is O=C(COc1ccc(CN(CCO)C[C@@H](O)CN2c3ccccc3Sc3ccccc32)cc1)N1CCOCC1. The van der Waals surface area contributed by atoms with Crippen LogP contribution in [-0.4, -0.2) is 91.2 Å². The summed E-state index contributed by atoms with van der Waals surface area (Å²) in [6.45, 7) is 4.23.